The molecule has 2 N–H and O–H groups in total. The van der Waals surface area contributed by atoms with E-state index >= 15 is 0 Å². The molecular formula is C15H33N3. The van der Waals surface area contributed by atoms with Crippen molar-refractivity contribution in [1.29, 1.82) is 0 Å². The Morgan fingerprint density at radius 2 is 1.94 bits per heavy atom. The quantitative estimate of drug-likeness (QED) is 0.676. The summed E-state index contributed by atoms with van der Waals surface area (Å²) in [6.45, 7) is 9.00. The highest BCUT2D eigenvalue weighted by atomic mass is 15.3. The number of rotatable bonds is 8. The van der Waals surface area contributed by atoms with Crippen molar-refractivity contribution in [3.05, 3.63) is 0 Å². The van der Waals surface area contributed by atoms with Gasteiger partial charge in [-0.05, 0) is 19.9 Å². The lowest BCUT2D eigenvalue weighted by molar-refractivity contribution is 0.0610. The molecule has 0 aromatic carbocycles. The van der Waals surface area contributed by atoms with Gasteiger partial charge in [0, 0.05) is 38.3 Å². The molecule has 18 heavy (non-hydrogen) atoms. The molecule has 1 saturated heterocycles. The number of hydrogen-bond donors (Lipinski definition) is 1. The Hall–Kier alpha value is -0.120. The Bertz CT molecular complexity index is 208. The molecule has 108 valence electrons. The van der Waals surface area contributed by atoms with Gasteiger partial charge in [-0.15, -0.1) is 0 Å². The van der Waals surface area contributed by atoms with Crippen molar-refractivity contribution in [3.8, 4) is 0 Å². The molecule has 3 heteroatoms. The molecule has 1 aliphatic rings. The van der Waals surface area contributed by atoms with Crippen molar-refractivity contribution in [2.24, 2.45) is 5.73 Å². The summed E-state index contributed by atoms with van der Waals surface area (Å²) in [7, 11) is 2.25. The fraction of sp³-hybridized carbons (Fsp3) is 1.00. The maximum Gasteiger partial charge on any atom is 0.0219 e. The van der Waals surface area contributed by atoms with Gasteiger partial charge in [0.2, 0.25) is 0 Å². The molecule has 0 aromatic rings. The third-order valence-corrected chi connectivity index (χ3v) is 4.46. The van der Waals surface area contributed by atoms with E-state index in [1.54, 1.807) is 0 Å². The smallest absolute Gasteiger partial charge is 0.0219 e. The SMILES string of the molecule is CCCCCCC(CN)N1CCN(C)C(CC)C1. The molecule has 0 aliphatic carbocycles. The monoisotopic (exact) mass is 255 g/mol. The summed E-state index contributed by atoms with van der Waals surface area (Å²) in [6.07, 6.45) is 7.95. The van der Waals surface area contributed by atoms with Crippen molar-refractivity contribution >= 4 is 0 Å². The molecule has 1 rings (SSSR count). The van der Waals surface area contributed by atoms with E-state index in [4.69, 9.17) is 5.73 Å². The minimum absolute atomic E-state index is 0.615. The predicted molar refractivity (Wildman–Crippen MR) is 79.9 cm³/mol. The number of nitrogens with two attached hydrogens (primary N) is 1. The zero-order valence-corrected chi connectivity index (χ0v) is 12.7. The van der Waals surface area contributed by atoms with Crippen LogP contribution in [-0.2, 0) is 0 Å². The lowest BCUT2D eigenvalue weighted by Crippen LogP contribution is -2.55. The van der Waals surface area contributed by atoms with E-state index in [0.29, 0.717) is 6.04 Å². The maximum atomic E-state index is 5.98. The van der Waals surface area contributed by atoms with Gasteiger partial charge in [-0.2, -0.15) is 0 Å². The maximum absolute atomic E-state index is 5.98. The van der Waals surface area contributed by atoms with Crippen LogP contribution >= 0.6 is 0 Å². The van der Waals surface area contributed by atoms with Crippen LogP contribution in [0.3, 0.4) is 0 Å². The molecule has 0 aromatic heterocycles. The van der Waals surface area contributed by atoms with Gasteiger partial charge in [-0.3, -0.25) is 4.90 Å². The predicted octanol–water partition coefficient (Wildman–Crippen LogP) is 2.31. The molecule has 2 atom stereocenters. The van der Waals surface area contributed by atoms with E-state index in [1.807, 2.05) is 0 Å². The number of hydrogen-bond acceptors (Lipinski definition) is 3. The molecule has 0 radical (unpaired) electrons. The Morgan fingerprint density at radius 1 is 1.17 bits per heavy atom. The first-order valence-electron chi connectivity index (χ1n) is 7.87. The molecule has 3 nitrogen and oxygen atoms in total. The van der Waals surface area contributed by atoms with Gasteiger partial charge in [-0.1, -0.05) is 39.5 Å². The summed E-state index contributed by atoms with van der Waals surface area (Å²) in [4.78, 5) is 5.14. The van der Waals surface area contributed by atoms with Crippen LogP contribution in [0.4, 0.5) is 0 Å². The summed E-state index contributed by atoms with van der Waals surface area (Å²) in [5, 5.41) is 0. The molecule has 1 aliphatic heterocycles. The van der Waals surface area contributed by atoms with Gasteiger partial charge in [0.25, 0.3) is 0 Å². The van der Waals surface area contributed by atoms with Crippen molar-refractivity contribution in [1.82, 2.24) is 9.80 Å². The normalized spacial score (nSPS) is 24.3. The summed E-state index contributed by atoms with van der Waals surface area (Å²) in [5.74, 6) is 0. The highest BCUT2D eigenvalue weighted by Gasteiger charge is 2.26. The van der Waals surface area contributed by atoms with E-state index in [9.17, 15) is 0 Å². The second kappa shape index (κ2) is 8.89. The van der Waals surface area contributed by atoms with Crippen LogP contribution < -0.4 is 5.73 Å². The van der Waals surface area contributed by atoms with E-state index in [1.165, 1.54) is 58.2 Å². The minimum atomic E-state index is 0.615. The average molecular weight is 255 g/mol. The molecule has 0 saturated carbocycles. The van der Waals surface area contributed by atoms with Crippen LogP contribution in [-0.4, -0.2) is 55.1 Å². The fourth-order valence-electron chi connectivity index (χ4n) is 3.00. The van der Waals surface area contributed by atoms with E-state index in [-0.39, 0.29) is 0 Å². The average Bonchev–Trinajstić information content (AvgIpc) is 2.40. The largest absolute Gasteiger partial charge is 0.329 e. The highest BCUT2D eigenvalue weighted by molar-refractivity contribution is 4.84. The number of unbranched alkanes of at least 4 members (excludes halogenated alkanes) is 3. The van der Waals surface area contributed by atoms with Gasteiger partial charge in [0.15, 0.2) is 0 Å². The molecule has 1 fully saturated rings. The summed E-state index contributed by atoms with van der Waals surface area (Å²) < 4.78 is 0. The lowest BCUT2D eigenvalue weighted by atomic mass is 10.0. The van der Waals surface area contributed by atoms with Crippen LogP contribution in [0.25, 0.3) is 0 Å². The summed E-state index contributed by atoms with van der Waals surface area (Å²) in [6, 6.07) is 1.34. The Balaban J connectivity index is 2.35. The van der Waals surface area contributed by atoms with E-state index in [0.717, 1.165) is 12.6 Å². The van der Waals surface area contributed by atoms with Crippen molar-refractivity contribution in [2.75, 3.05) is 33.2 Å². The molecule has 1 heterocycles. The van der Waals surface area contributed by atoms with Gasteiger partial charge in [-0.25, -0.2) is 0 Å². The standard InChI is InChI=1S/C15H33N3/c1-4-6-7-8-9-15(12-16)18-11-10-17(3)14(5-2)13-18/h14-15H,4-13,16H2,1-3H3. The van der Waals surface area contributed by atoms with Gasteiger partial charge < -0.3 is 10.6 Å². The van der Waals surface area contributed by atoms with Crippen LogP contribution in [0.1, 0.15) is 52.4 Å². The van der Waals surface area contributed by atoms with Crippen LogP contribution in [0.5, 0.6) is 0 Å². The molecule has 2 unspecified atom stereocenters. The summed E-state index contributed by atoms with van der Waals surface area (Å²) >= 11 is 0. The third kappa shape index (κ3) is 4.87. The highest BCUT2D eigenvalue weighted by Crippen LogP contribution is 2.16. The molecule has 0 spiro atoms. The van der Waals surface area contributed by atoms with Gasteiger partial charge in [0.1, 0.15) is 0 Å². The first-order chi connectivity index (χ1) is 8.72. The van der Waals surface area contributed by atoms with Crippen LogP contribution in [0, 0.1) is 0 Å². The number of piperazine rings is 1. The second-order valence-corrected chi connectivity index (χ2v) is 5.78. The second-order valence-electron chi connectivity index (χ2n) is 5.78. The molecule has 0 amide bonds. The van der Waals surface area contributed by atoms with E-state index in [2.05, 4.69) is 30.7 Å². The third-order valence-electron chi connectivity index (χ3n) is 4.46. The minimum Gasteiger partial charge on any atom is -0.329 e. The molecule has 0 bridgehead atoms. The van der Waals surface area contributed by atoms with Gasteiger partial charge >= 0.3 is 0 Å². The van der Waals surface area contributed by atoms with Gasteiger partial charge in [0.05, 0.1) is 0 Å². The number of likely N-dealkylation sites (N-methyl/N-ethyl adjacent to an activating group) is 1. The zero-order valence-electron chi connectivity index (χ0n) is 12.7. The lowest BCUT2D eigenvalue weighted by Gasteiger charge is -2.42. The van der Waals surface area contributed by atoms with Crippen molar-refractivity contribution < 1.29 is 0 Å². The topological polar surface area (TPSA) is 32.5 Å². The first-order valence-corrected chi connectivity index (χ1v) is 7.87. The van der Waals surface area contributed by atoms with Crippen molar-refractivity contribution in [3.63, 3.8) is 0 Å². The summed E-state index contributed by atoms with van der Waals surface area (Å²) in [5.41, 5.74) is 5.98. The first kappa shape index (κ1) is 15.9. The Kier molecular flexibility index (Phi) is 7.87. The zero-order chi connectivity index (χ0) is 13.4. The Labute approximate surface area is 114 Å². The number of nitrogens with zero attached hydrogens (tertiary/aromatic N) is 2. The van der Waals surface area contributed by atoms with Crippen LogP contribution in [0.15, 0.2) is 0 Å². The molecular weight excluding hydrogens is 222 g/mol. The Morgan fingerprint density at radius 3 is 2.56 bits per heavy atom. The van der Waals surface area contributed by atoms with Crippen LogP contribution in [0.2, 0.25) is 0 Å². The fourth-order valence-corrected chi connectivity index (χ4v) is 3.00. The van der Waals surface area contributed by atoms with Crippen molar-refractivity contribution in [2.45, 2.75) is 64.5 Å². The van der Waals surface area contributed by atoms with E-state index < -0.39 is 0 Å².